The van der Waals surface area contributed by atoms with Gasteiger partial charge in [0.15, 0.2) is 5.96 Å². The van der Waals surface area contributed by atoms with Gasteiger partial charge in [-0.15, -0.1) is 35.3 Å². The summed E-state index contributed by atoms with van der Waals surface area (Å²) in [4.78, 5) is 17.3. The average Bonchev–Trinajstić information content (AvgIpc) is 3.31. The summed E-state index contributed by atoms with van der Waals surface area (Å²) in [5.74, 6) is 1.63. The number of rotatable bonds is 5. The molecule has 144 valence electrons. The molecule has 2 aromatic rings. The summed E-state index contributed by atoms with van der Waals surface area (Å²) in [6.07, 6.45) is 10.0. The van der Waals surface area contributed by atoms with E-state index < -0.39 is 0 Å². The second-order valence-corrected chi connectivity index (χ2v) is 7.73. The molecule has 0 amide bonds. The van der Waals surface area contributed by atoms with Crippen molar-refractivity contribution < 1.29 is 0 Å². The third-order valence-corrected chi connectivity index (χ3v) is 5.90. The molecular weight excluding hydrogens is 459 g/mol. The molecule has 0 spiro atoms. The highest BCUT2D eigenvalue weighted by molar-refractivity contribution is 14.0. The molecule has 26 heavy (non-hydrogen) atoms. The Kier molecular flexibility index (Phi) is 8.33. The maximum atomic E-state index is 4.85. The van der Waals surface area contributed by atoms with Crippen LogP contribution in [0.4, 0.5) is 0 Å². The lowest BCUT2D eigenvalue weighted by Gasteiger charge is -2.39. The molecule has 0 bridgehead atoms. The van der Waals surface area contributed by atoms with Gasteiger partial charge in [0.2, 0.25) is 0 Å². The molecule has 8 heteroatoms. The highest BCUT2D eigenvalue weighted by atomic mass is 127. The van der Waals surface area contributed by atoms with Gasteiger partial charge in [0, 0.05) is 43.1 Å². The number of aryl methyl sites for hydroxylation is 1. The smallest absolute Gasteiger partial charge is 0.194 e. The first kappa shape index (κ1) is 21.1. The van der Waals surface area contributed by atoms with E-state index in [1.165, 1.54) is 4.88 Å². The van der Waals surface area contributed by atoms with Crippen LogP contribution in [0.3, 0.4) is 0 Å². The molecule has 1 saturated heterocycles. The minimum atomic E-state index is 0. The summed E-state index contributed by atoms with van der Waals surface area (Å²) in [5.41, 5.74) is 0. The Balaban J connectivity index is 0.00000243. The van der Waals surface area contributed by atoms with Crippen LogP contribution in [-0.4, -0.2) is 45.0 Å². The van der Waals surface area contributed by atoms with Crippen LogP contribution in [0, 0.1) is 5.92 Å². The Morgan fingerprint density at radius 2 is 2.27 bits per heavy atom. The number of imidazole rings is 1. The normalized spacial score (nSPS) is 20.7. The zero-order valence-corrected chi connectivity index (χ0v) is 18.9. The van der Waals surface area contributed by atoms with Crippen molar-refractivity contribution >= 4 is 41.3 Å². The number of thiazole rings is 1. The van der Waals surface area contributed by atoms with E-state index in [9.17, 15) is 0 Å². The Hall–Kier alpha value is -1.16. The summed E-state index contributed by atoms with van der Waals surface area (Å²) in [6.45, 7) is 10.1. The molecule has 6 nitrogen and oxygen atoms in total. The van der Waals surface area contributed by atoms with Gasteiger partial charge in [0.25, 0.3) is 0 Å². The standard InChI is InChI=1S/C18H28N6S.HI/c1-4-15-10-21-17(25-15)11-22-18(20-5-2)23-8-6-14(3)16(12-23)24-9-7-19-13-24;/h7,9-10,13-14,16H,4-6,8,11-12H2,1-3H3,(H,20,22);1H. The van der Waals surface area contributed by atoms with E-state index in [0.29, 0.717) is 18.5 Å². The number of aromatic nitrogens is 3. The van der Waals surface area contributed by atoms with Crippen LogP contribution in [-0.2, 0) is 13.0 Å². The van der Waals surface area contributed by atoms with Crippen LogP contribution in [0.5, 0.6) is 0 Å². The van der Waals surface area contributed by atoms with E-state index >= 15 is 0 Å². The van der Waals surface area contributed by atoms with Crippen molar-refractivity contribution in [3.8, 4) is 0 Å². The number of guanidine groups is 1. The van der Waals surface area contributed by atoms with Crippen LogP contribution in [0.1, 0.15) is 43.1 Å². The fraction of sp³-hybridized carbons (Fsp3) is 0.611. The fourth-order valence-corrected chi connectivity index (χ4v) is 4.03. The summed E-state index contributed by atoms with van der Waals surface area (Å²) in [6, 6.07) is 0.437. The minimum Gasteiger partial charge on any atom is -0.357 e. The van der Waals surface area contributed by atoms with Gasteiger partial charge in [0.05, 0.1) is 18.9 Å². The first-order valence-corrected chi connectivity index (χ1v) is 9.97. The van der Waals surface area contributed by atoms with Gasteiger partial charge >= 0.3 is 0 Å². The van der Waals surface area contributed by atoms with Crippen molar-refractivity contribution in [1.29, 1.82) is 0 Å². The van der Waals surface area contributed by atoms with E-state index in [2.05, 4.69) is 51.7 Å². The summed E-state index contributed by atoms with van der Waals surface area (Å²) >= 11 is 1.76. The van der Waals surface area contributed by atoms with E-state index in [1.807, 2.05) is 18.7 Å². The van der Waals surface area contributed by atoms with Crippen molar-refractivity contribution in [1.82, 2.24) is 24.8 Å². The van der Waals surface area contributed by atoms with E-state index in [4.69, 9.17) is 4.99 Å². The fourth-order valence-electron chi connectivity index (χ4n) is 3.25. The van der Waals surface area contributed by atoms with Gasteiger partial charge in [-0.2, -0.15) is 0 Å². The zero-order chi connectivity index (χ0) is 17.6. The van der Waals surface area contributed by atoms with Gasteiger partial charge < -0.3 is 14.8 Å². The summed E-state index contributed by atoms with van der Waals surface area (Å²) in [7, 11) is 0. The van der Waals surface area contributed by atoms with Gasteiger partial charge in [-0.1, -0.05) is 13.8 Å². The summed E-state index contributed by atoms with van der Waals surface area (Å²) < 4.78 is 2.23. The summed E-state index contributed by atoms with van der Waals surface area (Å²) in [5, 5.41) is 4.54. The first-order valence-electron chi connectivity index (χ1n) is 9.15. The van der Waals surface area contributed by atoms with Crippen molar-refractivity contribution in [3.63, 3.8) is 0 Å². The molecule has 2 aromatic heterocycles. The van der Waals surface area contributed by atoms with Gasteiger partial charge in [-0.05, 0) is 25.7 Å². The first-order chi connectivity index (χ1) is 12.2. The topological polar surface area (TPSA) is 58.3 Å². The average molecular weight is 488 g/mol. The maximum Gasteiger partial charge on any atom is 0.194 e. The molecule has 1 aliphatic rings. The molecule has 1 fully saturated rings. The lowest BCUT2D eigenvalue weighted by atomic mass is 9.93. The molecule has 0 radical (unpaired) electrons. The number of hydrogen-bond acceptors (Lipinski definition) is 4. The largest absolute Gasteiger partial charge is 0.357 e. The molecule has 1 aliphatic heterocycles. The van der Waals surface area contributed by atoms with Gasteiger partial charge in [0.1, 0.15) is 5.01 Å². The Bertz CT molecular complexity index is 684. The SMILES string of the molecule is CCNC(=NCc1ncc(CC)s1)N1CCC(C)C(n2ccnc2)C1.I. The number of piperidine rings is 1. The predicted molar refractivity (Wildman–Crippen MR) is 118 cm³/mol. The Morgan fingerprint density at radius 3 is 2.92 bits per heavy atom. The minimum absolute atomic E-state index is 0. The number of aliphatic imine (C=N–C) groups is 1. The monoisotopic (exact) mass is 488 g/mol. The molecule has 3 heterocycles. The number of nitrogens with zero attached hydrogens (tertiary/aromatic N) is 5. The molecule has 0 saturated carbocycles. The molecule has 0 aromatic carbocycles. The van der Waals surface area contributed by atoms with Crippen molar-refractivity contribution in [2.24, 2.45) is 10.9 Å². The van der Waals surface area contributed by atoms with E-state index in [0.717, 1.165) is 43.4 Å². The highest BCUT2D eigenvalue weighted by Gasteiger charge is 2.28. The quantitative estimate of drug-likeness (QED) is 0.397. The molecule has 0 aliphatic carbocycles. The lowest BCUT2D eigenvalue weighted by molar-refractivity contribution is 0.189. The third kappa shape index (κ3) is 5.18. The number of hydrogen-bond donors (Lipinski definition) is 1. The van der Waals surface area contributed by atoms with E-state index in [1.54, 1.807) is 11.3 Å². The van der Waals surface area contributed by atoms with Gasteiger partial charge in [-0.25, -0.2) is 15.0 Å². The number of nitrogens with one attached hydrogen (secondary N) is 1. The predicted octanol–water partition coefficient (Wildman–Crippen LogP) is 3.57. The van der Waals surface area contributed by atoms with Gasteiger partial charge in [-0.3, -0.25) is 0 Å². The molecule has 1 N–H and O–H groups in total. The number of likely N-dealkylation sites (tertiary alicyclic amines) is 1. The zero-order valence-electron chi connectivity index (χ0n) is 15.8. The lowest BCUT2D eigenvalue weighted by Crippen LogP contribution is -2.49. The third-order valence-electron chi connectivity index (χ3n) is 4.77. The highest BCUT2D eigenvalue weighted by Crippen LogP contribution is 2.27. The van der Waals surface area contributed by atoms with E-state index in [-0.39, 0.29) is 24.0 Å². The second kappa shape index (κ2) is 10.2. The molecule has 2 atom stereocenters. The molecule has 3 rings (SSSR count). The van der Waals surface area contributed by atoms with Crippen LogP contribution in [0.2, 0.25) is 0 Å². The van der Waals surface area contributed by atoms with Crippen LogP contribution >= 0.6 is 35.3 Å². The van der Waals surface area contributed by atoms with Crippen LogP contribution < -0.4 is 5.32 Å². The van der Waals surface area contributed by atoms with Crippen molar-refractivity contribution in [2.75, 3.05) is 19.6 Å². The Morgan fingerprint density at radius 1 is 1.42 bits per heavy atom. The molecule has 2 unspecified atom stereocenters. The van der Waals surface area contributed by atoms with Crippen molar-refractivity contribution in [2.45, 2.75) is 46.2 Å². The second-order valence-electron chi connectivity index (χ2n) is 6.53. The van der Waals surface area contributed by atoms with Crippen LogP contribution in [0.15, 0.2) is 29.9 Å². The van der Waals surface area contributed by atoms with Crippen LogP contribution in [0.25, 0.3) is 0 Å². The maximum absolute atomic E-state index is 4.85. The molecular formula is C18H29IN6S. The number of halogens is 1. The Labute approximate surface area is 177 Å². The van der Waals surface area contributed by atoms with Crippen molar-refractivity contribution in [3.05, 3.63) is 34.8 Å².